The Bertz CT molecular complexity index is 761. The van der Waals surface area contributed by atoms with E-state index in [1.165, 1.54) is 5.56 Å². The molecule has 1 heterocycles. The number of pyridine rings is 1. The quantitative estimate of drug-likeness (QED) is 0.658. The normalized spacial score (nSPS) is 10.3. The number of aryl methyl sites for hydroxylation is 2. The first kappa shape index (κ1) is 15.0. The molecule has 23 heavy (non-hydrogen) atoms. The van der Waals surface area contributed by atoms with Gasteiger partial charge in [-0.3, -0.25) is 0 Å². The predicted octanol–water partition coefficient (Wildman–Crippen LogP) is 4.60. The van der Waals surface area contributed by atoms with Crippen molar-refractivity contribution in [2.24, 2.45) is 0 Å². The number of benzene rings is 2. The van der Waals surface area contributed by atoms with Gasteiger partial charge in [0, 0.05) is 12.5 Å². The molecule has 2 heteroatoms. The van der Waals surface area contributed by atoms with E-state index in [1.807, 2.05) is 24.3 Å². The van der Waals surface area contributed by atoms with E-state index in [0.717, 1.165) is 30.0 Å². The molecule has 0 fully saturated rings. The van der Waals surface area contributed by atoms with Crippen LogP contribution in [0.4, 0.5) is 11.5 Å². The van der Waals surface area contributed by atoms with Gasteiger partial charge in [-0.15, -0.1) is 0 Å². The molecule has 1 N–H and O–H groups in total. The molecule has 0 aliphatic rings. The Morgan fingerprint density at radius 3 is 2.35 bits per heavy atom. The summed E-state index contributed by atoms with van der Waals surface area (Å²) in [6.07, 6.45) is 4.98. The van der Waals surface area contributed by atoms with Crippen molar-refractivity contribution in [1.82, 2.24) is 0 Å². The van der Waals surface area contributed by atoms with Crippen LogP contribution >= 0.6 is 0 Å². The zero-order valence-corrected chi connectivity index (χ0v) is 13.2. The topological polar surface area (TPSA) is 15.9 Å². The molecule has 0 spiro atoms. The lowest BCUT2D eigenvalue weighted by Crippen LogP contribution is -2.37. The summed E-state index contributed by atoms with van der Waals surface area (Å²) in [5, 5.41) is 3.48. The van der Waals surface area contributed by atoms with E-state index in [2.05, 4.69) is 77.3 Å². The molecule has 0 bridgehead atoms. The maximum atomic E-state index is 3.79. The molecule has 3 aromatic rings. The molecule has 0 amide bonds. The molecule has 0 aliphatic carbocycles. The number of hydrogen-bond acceptors (Lipinski definition) is 1. The van der Waals surface area contributed by atoms with Crippen molar-refractivity contribution < 1.29 is 4.57 Å². The van der Waals surface area contributed by atoms with Crippen molar-refractivity contribution >= 4 is 17.6 Å². The van der Waals surface area contributed by atoms with Gasteiger partial charge in [0.1, 0.15) is 5.69 Å². The highest BCUT2D eigenvalue weighted by Crippen LogP contribution is 2.12. The van der Waals surface area contributed by atoms with Crippen LogP contribution in [0.15, 0.2) is 85.6 Å². The molecule has 2 nitrogen and oxygen atoms in total. The third-order valence-electron chi connectivity index (χ3n) is 3.84. The van der Waals surface area contributed by atoms with Gasteiger partial charge in [0.2, 0.25) is 0 Å². The Balaban J connectivity index is 1.71. The summed E-state index contributed by atoms with van der Waals surface area (Å²) in [5.74, 6) is 1.10. The molecule has 0 aliphatic heterocycles. The van der Waals surface area contributed by atoms with E-state index in [0.29, 0.717) is 0 Å². The second-order valence-electron chi connectivity index (χ2n) is 5.47. The molecule has 0 saturated carbocycles. The first-order valence-electron chi connectivity index (χ1n) is 7.87. The number of nitrogens with zero attached hydrogens (tertiary/aromatic N) is 1. The molecule has 1 aromatic heterocycles. The minimum absolute atomic E-state index is 0.934. The first-order chi connectivity index (χ1) is 11.3. The Hall–Kier alpha value is -2.87. The van der Waals surface area contributed by atoms with Gasteiger partial charge in [0.25, 0.3) is 5.82 Å². The van der Waals surface area contributed by atoms with E-state index in [4.69, 9.17) is 0 Å². The Kier molecular flexibility index (Phi) is 4.85. The van der Waals surface area contributed by atoms with Crippen LogP contribution in [-0.4, -0.2) is 0 Å². The summed E-state index contributed by atoms with van der Waals surface area (Å²) in [6, 6.07) is 25.0. The van der Waals surface area contributed by atoms with Crippen LogP contribution in [0, 0.1) is 0 Å². The van der Waals surface area contributed by atoms with Crippen molar-refractivity contribution in [3.63, 3.8) is 0 Å². The lowest BCUT2D eigenvalue weighted by molar-refractivity contribution is -0.682. The molecule has 2 aromatic carbocycles. The van der Waals surface area contributed by atoms with Crippen LogP contribution in [-0.2, 0) is 13.0 Å². The average Bonchev–Trinajstić information content (AvgIpc) is 2.62. The molecular formula is C21H21N2+. The van der Waals surface area contributed by atoms with Crippen molar-refractivity contribution in [3.8, 4) is 0 Å². The van der Waals surface area contributed by atoms with E-state index < -0.39 is 0 Å². The van der Waals surface area contributed by atoms with Crippen molar-refractivity contribution in [1.29, 1.82) is 0 Å². The van der Waals surface area contributed by atoms with Crippen molar-refractivity contribution in [3.05, 3.63) is 96.7 Å². The standard InChI is InChI=1S/C21H20N2/c1-2-18-11-13-19(14-12-18)15-17-23-16-7-6-10-21(23)22-20-8-4-3-5-9-20/h2-14,16H,1,15,17H2/p+1. The fraction of sp³-hybridized carbons (Fsp3) is 0.0952. The maximum absolute atomic E-state index is 3.79. The summed E-state index contributed by atoms with van der Waals surface area (Å²) in [5.41, 5.74) is 3.59. The molecule has 0 unspecified atom stereocenters. The van der Waals surface area contributed by atoms with Crippen LogP contribution in [0.25, 0.3) is 6.08 Å². The van der Waals surface area contributed by atoms with Gasteiger partial charge in [-0.25, -0.2) is 9.88 Å². The molecule has 3 rings (SSSR count). The minimum Gasteiger partial charge on any atom is -0.241 e. The van der Waals surface area contributed by atoms with Crippen LogP contribution < -0.4 is 9.88 Å². The van der Waals surface area contributed by atoms with Crippen LogP contribution in [0.3, 0.4) is 0 Å². The van der Waals surface area contributed by atoms with Crippen LogP contribution in [0.1, 0.15) is 11.1 Å². The van der Waals surface area contributed by atoms with E-state index in [-0.39, 0.29) is 0 Å². The summed E-state index contributed by atoms with van der Waals surface area (Å²) in [6.45, 7) is 4.73. The lowest BCUT2D eigenvalue weighted by Gasteiger charge is -2.07. The summed E-state index contributed by atoms with van der Waals surface area (Å²) >= 11 is 0. The highest BCUT2D eigenvalue weighted by Gasteiger charge is 2.08. The molecule has 0 saturated heterocycles. The fourth-order valence-corrected chi connectivity index (χ4v) is 2.52. The van der Waals surface area contributed by atoms with Gasteiger partial charge in [0.15, 0.2) is 0 Å². The number of anilines is 2. The fourth-order valence-electron chi connectivity index (χ4n) is 2.52. The molecule has 0 radical (unpaired) electrons. The van der Waals surface area contributed by atoms with Gasteiger partial charge < -0.3 is 0 Å². The summed E-state index contributed by atoms with van der Waals surface area (Å²) in [7, 11) is 0. The third-order valence-corrected chi connectivity index (χ3v) is 3.84. The van der Waals surface area contributed by atoms with Crippen LogP contribution in [0.2, 0.25) is 0 Å². The second kappa shape index (κ2) is 7.41. The number of nitrogens with one attached hydrogen (secondary N) is 1. The Labute approximate surface area is 137 Å². The first-order valence-corrected chi connectivity index (χ1v) is 7.87. The SMILES string of the molecule is C=Cc1ccc(CC[n+]2ccccc2Nc2ccccc2)cc1. The number of rotatable bonds is 6. The van der Waals surface area contributed by atoms with Crippen molar-refractivity contribution in [2.45, 2.75) is 13.0 Å². The molecule has 114 valence electrons. The Morgan fingerprint density at radius 1 is 0.870 bits per heavy atom. The highest BCUT2D eigenvalue weighted by atomic mass is 15.1. The highest BCUT2D eigenvalue weighted by molar-refractivity contribution is 5.53. The van der Waals surface area contributed by atoms with Gasteiger partial charge in [0.05, 0.1) is 12.7 Å². The molecular weight excluding hydrogens is 280 g/mol. The minimum atomic E-state index is 0.934. The summed E-state index contributed by atoms with van der Waals surface area (Å²) < 4.78 is 2.24. The predicted molar refractivity (Wildman–Crippen MR) is 96.6 cm³/mol. The third kappa shape index (κ3) is 4.07. The summed E-state index contributed by atoms with van der Waals surface area (Å²) in [4.78, 5) is 0. The van der Waals surface area contributed by atoms with Gasteiger partial charge in [-0.1, -0.05) is 61.2 Å². The molecule has 0 atom stereocenters. The van der Waals surface area contributed by atoms with Crippen LogP contribution in [0.5, 0.6) is 0 Å². The average molecular weight is 301 g/mol. The number of hydrogen-bond donors (Lipinski definition) is 1. The largest absolute Gasteiger partial charge is 0.279 e. The van der Waals surface area contributed by atoms with Crippen molar-refractivity contribution in [2.75, 3.05) is 5.32 Å². The lowest BCUT2D eigenvalue weighted by atomic mass is 10.1. The zero-order chi connectivity index (χ0) is 15.9. The zero-order valence-electron chi connectivity index (χ0n) is 13.2. The van der Waals surface area contributed by atoms with Gasteiger partial charge in [-0.05, 0) is 29.3 Å². The van der Waals surface area contributed by atoms with E-state index in [9.17, 15) is 0 Å². The van der Waals surface area contributed by atoms with E-state index in [1.54, 1.807) is 0 Å². The van der Waals surface area contributed by atoms with Gasteiger partial charge in [-0.2, -0.15) is 0 Å². The Morgan fingerprint density at radius 2 is 1.61 bits per heavy atom. The second-order valence-corrected chi connectivity index (χ2v) is 5.47. The monoisotopic (exact) mass is 301 g/mol. The maximum Gasteiger partial charge on any atom is 0.279 e. The number of para-hydroxylation sites is 1. The smallest absolute Gasteiger partial charge is 0.241 e. The van der Waals surface area contributed by atoms with Gasteiger partial charge >= 0.3 is 0 Å². The number of aromatic nitrogens is 1. The van der Waals surface area contributed by atoms with E-state index >= 15 is 0 Å².